The number of rotatable bonds is 4. The maximum Gasteiger partial charge on any atom is 0.259 e. The van der Waals surface area contributed by atoms with E-state index in [1.165, 1.54) is 12.8 Å². The number of nitrogens with zero attached hydrogens (tertiary/aromatic N) is 1. The fourth-order valence-electron chi connectivity index (χ4n) is 3.60. The highest BCUT2D eigenvalue weighted by molar-refractivity contribution is 6.07. The van der Waals surface area contributed by atoms with Crippen LogP contribution in [0.3, 0.4) is 0 Å². The van der Waals surface area contributed by atoms with Crippen LogP contribution < -0.4 is 20.7 Å². The van der Waals surface area contributed by atoms with Crippen LogP contribution in [-0.4, -0.2) is 26.1 Å². The van der Waals surface area contributed by atoms with Crippen LogP contribution in [0.5, 0.6) is 5.75 Å². The van der Waals surface area contributed by atoms with Crippen molar-refractivity contribution in [3.63, 3.8) is 0 Å². The van der Waals surface area contributed by atoms with Gasteiger partial charge in [-0.05, 0) is 55.5 Å². The van der Waals surface area contributed by atoms with Crippen molar-refractivity contribution in [2.24, 2.45) is 5.92 Å². The molecule has 26 heavy (non-hydrogen) atoms. The summed E-state index contributed by atoms with van der Waals surface area (Å²) in [7, 11) is 1.56. The van der Waals surface area contributed by atoms with Crippen molar-refractivity contribution >= 4 is 23.0 Å². The van der Waals surface area contributed by atoms with Gasteiger partial charge in [0.05, 0.1) is 24.0 Å². The summed E-state index contributed by atoms with van der Waals surface area (Å²) in [5.74, 6) is 0.990. The number of amides is 1. The first kappa shape index (κ1) is 18.1. The molecule has 5 nitrogen and oxygen atoms in total. The van der Waals surface area contributed by atoms with Crippen molar-refractivity contribution in [3.05, 3.63) is 47.5 Å². The first-order valence-electron chi connectivity index (χ1n) is 9.09. The Bertz CT molecular complexity index is 804. The standard InChI is InChI=1S/C21H27N3O2/c1-14-7-6-10-24(13-14)19-12-18(17(22)11-15(19)2)23-21(25)16-8-4-5-9-20(16)26-3/h4-5,8-9,11-12,14H,6-7,10,13,22H2,1-3H3,(H,23,25). The molecule has 1 saturated heterocycles. The molecule has 138 valence electrons. The van der Waals surface area contributed by atoms with Gasteiger partial charge in [-0.3, -0.25) is 4.79 Å². The van der Waals surface area contributed by atoms with E-state index < -0.39 is 0 Å². The molecule has 0 radical (unpaired) electrons. The maximum absolute atomic E-state index is 12.7. The number of nitrogens with one attached hydrogen (secondary N) is 1. The Morgan fingerprint density at radius 1 is 1.31 bits per heavy atom. The Labute approximate surface area is 155 Å². The lowest BCUT2D eigenvalue weighted by atomic mass is 9.98. The zero-order valence-electron chi connectivity index (χ0n) is 15.7. The fraction of sp³-hybridized carbons (Fsp3) is 0.381. The van der Waals surface area contributed by atoms with Gasteiger partial charge in [0.25, 0.3) is 5.91 Å². The number of piperidine rings is 1. The topological polar surface area (TPSA) is 67.6 Å². The van der Waals surface area contributed by atoms with Crippen molar-refractivity contribution in [2.75, 3.05) is 36.1 Å². The molecule has 0 spiro atoms. The van der Waals surface area contributed by atoms with E-state index in [4.69, 9.17) is 10.5 Å². The van der Waals surface area contributed by atoms with Crippen molar-refractivity contribution < 1.29 is 9.53 Å². The Morgan fingerprint density at radius 2 is 2.08 bits per heavy atom. The molecule has 1 heterocycles. The molecule has 1 amide bonds. The first-order chi connectivity index (χ1) is 12.5. The van der Waals surface area contributed by atoms with E-state index in [0.717, 1.165) is 24.3 Å². The normalized spacial score (nSPS) is 17.0. The molecule has 0 bridgehead atoms. The maximum atomic E-state index is 12.7. The molecule has 3 rings (SSSR count). The number of para-hydroxylation sites is 1. The van der Waals surface area contributed by atoms with Gasteiger partial charge >= 0.3 is 0 Å². The van der Waals surface area contributed by atoms with Gasteiger partial charge in [-0.1, -0.05) is 19.1 Å². The second kappa shape index (κ2) is 7.68. The Morgan fingerprint density at radius 3 is 2.81 bits per heavy atom. The zero-order valence-corrected chi connectivity index (χ0v) is 15.7. The Kier molecular flexibility index (Phi) is 5.35. The predicted molar refractivity (Wildman–Crippen MR) is 107 cm³/mol. The van der Waals surface area contributed by atoms with Gasteiger partial charge in [0.2, 0.25) is 0 Å². The molecule has 0 saturated carbocycles. The monoisotopic (exact) mass is 353 g/mol. The molecular formula is C21H27N3O2. The van der Waals surface area contributed by atoms with E-state index in [1.54, 1.807) is 19.2 Å². The van der Waals surface area contributed by atoms with E-state index >= 15 is 0 Å². The Hall–Kier alpha value is -2.69. The van der Waals surface area contributed by atoms with Gasteiger partial charge in [0.15, 0.2) is 0 Å². The highest BCUT2D eigenvalue weighted by Crippen LogP contribution is 2.33. The average Bonchev–Trinajstić information content (AvgIpc) is 2.63. The fourth-order valence-corrected chi connectivity index (χ4v) is 3.60. The van der Waals surface area contributed by atoms with Gasteiger partial charge in [-0.2, -0.15) is 0 Å². The van der Waals surface area contributed by atoms with Crippen molar-refractivity contribution in [3.8, 4) is 5.75 Å². The van der Waals surface area contributed by atoms with Crippen LogP contribution in [0.1, 0.15) is 35.7 Å². The number of anilines is 3. The van der Waals surface area contributed by atoms with E-state index in [9.17, 15) is 4.79 Å². The molecule has 2 aromatic carbocycles. The van der Waals surface area contributed by atoms with Crippen molar-refractivity contribution in [1.82, 2.24) is 0 Å². The van der Waals surface area contributed by atoms with E-state index in [1.807, 2.05) is 24.3 Å². The predicted octanol–water partition coefficient (Wildman–Crippen LogP) is 4.07. The third-order valence-electron chi connectivity index (χ3n) is 4.97. The minimum absolute atomic E-state index is 0.226. The zero-order chi connectivity index (χ0) is 18.7. The van der Waals surface area contributed by atoms with Gasteiger partial charge in [0.1, 0.15) is 5.75 Å². The summed E-state index contributed by atoms with van der Waals surface area (Å²) >= 11 is 0. The number of carbonyl (C=O) groups excluding carboxylic acids is 1. The molecule has 1 aliphatic heterocycles. The summed E-state index contributed by atoms with van der Waals surface area (Å²) in [6, 6.07) is 11.1. The summed E-state index contributed by atoms with van der Waals surface area (Å²) in [6.07, 6.45) is 2.45. The molecule has 3 N–H and O–H groups in total. The van der Waals surface area contributed by atoms with Crippen LogP contribution in [0.25, 0.3) is 0 Å². The van der Waals surface area contributed by atoms with Crippen LogP contribution in [0.2, 0.25) is 0 Å². The number of aryl methyl sites for hydroxylation is 1. The molecule has 1 fully saturated rings. The second-order valence-electron chi connectivity index (χ2n) is 7.07. The molecule has 2 aromatic rings. The SMILES string of the molecule is COc1ccccc1C(=O)Nc1cc(N2CCCC(C)C2)c(C)cc1N. The van der Waals surface area contributed by atoms with Crippen LogP contribution >= 0.6 is 0 Å². The minimum atomic E-state index is -0.226. The van der Waals surface area contributed by atoms with E-state index in [2.05, 4.69) is 24.1 Å². The van der Waals surface area contributed by atoms with E-state index in [0.29, 0.717) is 28.6 Å². The number of methoxy groups -OCH3 is 1. The highest BCUT2D eigenvalue weighted by atomic mass is 16.5. The van der Waals surface area contributed by atoms with Crippen LogP contribution in [-0.2, 0) is 0 Å². The van der Waals surface area contributed by atoms with Crippen LogP contribution in [0.15, 0.2) is 36.4 Å². The number of hydrogen-bond donors (Lipinski definition) is 2. The minimum Gasteiger partial charge on any atom is -0.496 e. The summed E-state index contributed by atoms with van der Waals surface area (Å²) in [5, 5.41) is 2.95. The van der Waals surface area contributed by atoms with Crippen molar-refractivity contribution in [2.45, 2.75) is 26.7 Å². The van der Waals surface area contributed by atoms with Crippen molar-refractivity contribution in [1.29, 1.82) is 0 Å². The van der Waals surface area contributed by atoms with Crippen LogP contribution in [0, 0.1) is 12.8 Å². The third kappa shape index (κ3) is 3.77. The summed E-state index contributed by atoms with van der Waals surface area (Å²) in [4.78, 5) is 15.1. The molecule has 5 heteroatoms. The molecule has 1 atom stereocenters. The smallest absolute Gasteiger partial charge is 0.259 e. The average molecular weight is 353 g/mol. The van der Waals surface area contributed by atoms with E-state index in [-0.39, 0.29) is 5.91 Å². The largest absolute Gasteiger partial charge is 0.496 e. The first-order valence-corrected chi connectivity index (χ1v) is 9.09. The Balaban J connectivity index is 1.88. The highest BCUT2D eigenvalue weighted by Gasteiger charge is 2.20. The number of nitrogens with two attached hydrogens (primary N) is 1. The molecule has 0 aromatic heterocycles. The van der Waals surface area contributed by atoms with Crippen LogP contribution in [0.4, 0.5) is 17.1 Å². The molecule has 1 aliphatic rings. The van der Waals surface area contributed by atoms with Gasteiger partial charge in [-0.15, -0.1) is 0 Å². The van der Waals surface area contributed by atoms with Gasteiger partial charge < -0.3 is 20.7 Å². The number of ether oxygens (including phenoxy) is 1. The summed E-state index contributed by atoms with van der Waals surface area (Å²) in [6.45, 7) is 6.42. The third-order valence-corrected chi connectivity index (χ3v) is 4.97. The van der Waals surface area contributed by atoms with Gasteiger partial charge in [-0.25, -0.2) is 0 Å². The number of carbonyl (C=O) groups is 1. The number of nitrogen functional groups attached to an aromatic ring is 1. The summed E-state index contributed by atoms with van der Waals surface area (Å²) in [5.41, 5.74) is 10.1. The summed E-state index contributed by atoms with van der Waals surface area (Å²) < 4.78 is 5.28. The lowest BCUT2D eigenvalue weighted by Crippen LogP contribution is -2.34. The molecular weight excluding hydrogens is 326 g/mol. The molecule has 0 aliphatic carbocycles. The quantitative estimate of drug-likeness (QED) is 0.813. The second-order valence-corrected chi connectivity index (χ2v) is 7.07. The molecule has 1 unspecified atom stereocenters. The number of benzene rings is 2. The lowest BCUT2D eigenvalue weighted by molar-refractivity contribution is 0.102. The lowest BCUT2D eigenvalue weighted by Gasteiger charge is -2.34. The van der Waals surface area contributed by atoms with Gasteiger partial charge in [0, 0.05) is 18.8 Å². The number of hydrogen-bond acceptors (Lipinski definition) is 4.